The number of aliphatic imine (C=N–C) groups is 1. The lowest BCUT2D eigenvalue weighted by Crippen LogP contribution is -2.47. The number of carbonyl (C=O) groups excluding carboxylic acids is 1. The monoisotopic (exact) mass is 415 g/mol. The van der Waals surface area contributed by atoms with E-state index in [9.17, 15) is 4.79 Å². The van der Waals surface area contributed by atoms with Gasteiger partial charge in [0, 0.05) is 43.5 Å². The average molecular weight is 416 g/mol. The van der Waals surface area contributed by atoms with Crippen molar-refractivity contribution in [1.82, 2.24) is 4.90 Å². The summed E-state index contributed by atoms with van der Waals surface area (Å²) >= 11 is 1.43. The predicted octanol–water partition coefficient (Wildman–Crippen LogP) is 4.74. The molecule has 0 unspecified atom stereocenters. The number of furan rings is 1. The van der Waals surface area contributed by atoms with E-state index >= 15 is 0 Å². The number of carbonyl (C=O) groups is 1. The van der Waals surface area contributed by atoms with Gasteiger partial charge in [0.15, 0.2) is 5.17 Å². The fourth-order valence-electron chi connectivity index (χ4n) is 3.65. The summed E-state index contributed by atoms with van der Waals surface area (Å²) in [7, 11) is 0. The Balaban J connectivity index is 1.24. The van der Waals surface area contributed by atoms with E-state index in [-0.39, 0.29) is 5.91 Å². The van der Waals surface area contributed by atoms with E-state index in [4.69, 9.17) is 4.42 Å². The maximum Gasteiger partial charge on any atom is 0.286 e. The Morgan fingerprint density at radius 3 is 2.23 bits per heavy atom. The van der Waals surface area contributed by atoms with Crippen molar-refractivity contribution in [2.24, 2.45) is 4.99 Å². The zero-order chi connectivity index (χ0) is 20.3. The average Bonchev–Trinajstić information content (AvgIpc) is 3.42. The maximum atomic E-state index is 12.4. The lowest BCUT2D eigenvalue weighted by Gasteiger charge is -2.36. The van der Waals surface area contributed by atoms with Crippen molar-refractivity contribution in [3.8, 4) is 11.3 Å². The van der Waals surface area contributed by atoms with E-state index < -0.39 is 0 Å². The molecule has 1 aromatic heterocycles. The summed E-state index contributed by atoms with van der Waals surface area (Å²) < 4.78 is 5.91. The van der Waals surface area contributed by atoms with Crippen LogP contribution in [0.2, 0.25) is 0 Å². The van der Waals surface area contributed by atoms with Gasteiger partial charge in [0.25, 0.3) is 5.91 Å². The number of amidine groups is 1. The molecule has 0 bridgehead atoms. The molecule has 30 heavy (non-hydrogen) atoms. The first-order chi connectivity index (χ1) is 14.8. The summed E-state index contributed by atoms with van der Waals surface area (Å²) in [6.07, 6.45) is 1.79. The first kappa shape index (κ1) is 18.8. The van der Waals surface area contributed by atoms with Crippen LogP contribution in [0, 0.1) is 0 Å². The van der Waals surface area contributed by atoms with E-state index in [2.05, 4.69) is 39.1 Å². The molecular formula is C24H21N3O2S. The van der Waals surface area contributed by atoms with Crippen LogP contribution in [0.15, 0.2) is 87.1 Å². The van der Waals surface area contributed by atoms with Gasteiger partial charge in [0.05, 0.1) is 4.91 Å². The zero-order valence-electron chi connectivity index (χ0n) is 16.4. The van der Waals surface area contributed by atoms with Crippen molar-refractivity contribution < 1.29 is 9.21 Å². The van der Waals surface area contributed by atoms with E-state index in [0.29, 0.717) is 10.7 Å². The standard InChI is InChI=1S/C24H21N3O2S/c28-23-22(17-20-11-12-21(29-20)18-7-3-1-4-8-18)30-24(25-23)27-15-13-26(14-16-27)19-9-5-2-6-10-19/h1-12,17H,13-16H2/b22-17+. The van der Waals surface area contributed by atoms with Gasteiger partial charge in [-0.3, -0.25) is 4.79 Å². The Hall–Kier alpha value is -3.25. The predicted molar refractivity (Wildman–Crippen MR) is 122 cm³/mol. The maximum absolute atomic E-state index is 12.4. The Labute approximate surface area is 179 Å². The SMILES string of the molecule is O=C1N=C(N2CCN(c3ccccc3)CC2)S/C1=C/c1ccc(-c2ccccc2)o1. The van der Waals surface area contributed by atoms with Gasteiger partial charge in [-0.25, -0.2) is 0 Å². The number of rotatable bonds is 3. The summed E-state index contributed by atoms with van der Waals surface area (Å²) in [6, 6.07) is 24.2. The Kier molecular flexibility index (Phi) is 5.15. The van der Waals surface area contributed by atoms with Crippen molar-refractivity contribution in [1.29, 1.82) is 0 Å². The highest BCUT2D eigenvalue weighted by atomic mass is 32.2. The van der Waals surface area contributed by atoms with Gasteiger partial charge >= 0.3 is 0 Å². The lowest BCUT2D eigenvalue weighted by molar-refractivity contribution is -0.113. The minimum absolute atomic E-state index is 0.196. The molecule has 150 valence electrons. The van der Waals surface area contributed by atoms with Crippen LogP contribution in [0.1, 0.15) is 5.76 Å². The zero-order valence-corrected chi connectivity index (χ0v) is 17.2. The van der Waals surface area contributed by atoms with Gasteiger partial charge in [0.1, 0.15) is 11.5 Å². The normalized spacial score (nSPS) is 18.2. The molecule has 6 heteroatoms. The first-order valence-corrected chi connectivity index (χ1v) is 10.8. The van der Waals surface area contributed by atoms with Gasteiger partial charge in [-0.2, -0.15) is 4.99 Å². The van der Waals surface area contributed by atoms with Crippen LogP contribution in [-0.2, 0) is 4.79 Å². The van der Waals surface area contributed by atoms with E-state index in [0.717, 1.165) is 42.7 Å². The highest BCUT2D eigenvalue weighted by Crippen LogP contribution is 2.32. The Morgan fingerprint density at radius 1 is 0.833 bits per heavy atom. The molecule has 0 atom stereocenters. The second-order valence-corrected chi connectivity index (χ2v) is 8.20. The molecule has 0 spiro atoms. The smallest absolute Gasteiger partial charge is 0.286 e. The van der Waals surface area contributed by atoms with Crippen LogP contribution in [0.5, 0.6) is 0 Å². The van der Waals surface area contributed by atoms with Gasteiger partial charge in [-0.15, -0.1) is 0 Å². The molecule has 1 fully saturated rings. The first-order valence-electron chi connectivity index (χ1n) is 9.99. The highest BCUT2D eigenvalue weighted by molar-refractivity contribution is 8.18. The molecule has 3 aromatic rings. The molecule has 1 saturated heterocycles. The van der Waals surface area contributed by atoms with E-state index in [1.165, 1.54) is 17.4 Å². The topological polar surface area (TPSA) is 49.1 Å². The molecular weight excluding hydrogens is 394 g/mol. The van der Waals surface area contributed by atoms with E-state index in [1.807, 2.05) is 48.5 Å². The summed E-state index contributed by atoms with van der Waals surface area (Å²) in [5.74, 6) is 1.25. The van der Waals surface area contributed by atoms with Crippen molar-refractivity contribution >= 4 is 34.6 Å². The van der Waals surface area contributed by atoms with Crippen molar-refractivity contribution in [2.45, 2.75) is 0 Å². The molecule has 5 rings (SSSR count). The molecule has 5 nitrogen and oxygen atoms in total. The minimum Gasteiger partial charge on any atom is -0.457 e. The number of amides is 1. The molecule has 0 radical (unpaired) electrons. The number of hydrogen-bond acceptors (Lipinski definition) is 5. The largest absolute Gasteiger partial charge is 0.457 e. The molecule has 2 aliphatic heterocycles. The number of anilines is 1. The quantitative estimate of drug-likeness (QED) is 0.579. The van der Waals surface area contributed by atoms with E-state index in [1.54, 1.807) is 6.08 Å². The molecule has 1 amide bonds. The number of nitrogens with zero attached hydrogens (tertiary/aromatic N) is 3. The Morgan fingerprint density at radius 2 is 1.50 bits per heavy atom. The number of piperazine rings is 1. The van der Waals surface area contributed by atoms with Crippen LogP contribution in [0.4, 0.5) is 5.69 Å². The third-order valence-electron chi connectivity index (χ3n) is 5.24. The van der Waals surface area contributed by atoms with Crippen molar-refractivity contribution in [2.75, 3.05) is 31.1 Å². The third kappa shape index (κ3) is 3.91. The lowest BCUT2D eigenvalue weighted by atomic mass is 10.2. The minimum atomic E-state index is -0.196. The van der Waals surface area contributed by atoms with Crippen LogP contribution in [0.25, 0.3) is 17.4 Å². The molecule has 0 saturated carbocycles. The number of para-hydroxylation sites is 1. The summed E-state index contributed by atoms with van der Waals surface area (Å²) in [5, 5.41) is 0.786. The van der Waals surface area contributed by atoms with Crippen molar-refractivity contribution in [3.05, 3.63) is 83.5 Å². The van der Waals surface area contributed by atoms with Crippen molar-refractivity contribution in [3.63, 3.8) is 0 Å². The Bertz CT molecular complexity index is 1100. The third-order valence-corrected chi connectivity index (χ3v) is 6.28. The summed E-state index contributed by atoms with van der Waals surface area (Å²) in [5.41, 5.74) is 2.25. The molecule has 2 aliphatic rings. The molecule has 0 N–H and O–H groups in total. The highest BCUT2D eigenvalue weighted by Gasteiger charge is 2.28. The van der Waals surface area contributed by atoms with Gasteiger partial charge in [0.2, 0.25) is 0 Å². The van der Waals surface area contributed by atoms with Gasteiger partial charge in [-0.1, -0.05) is 48.5 Å². The summed E-state index contributed by atoms with van der Waals surface area (Å²) in [6.45, 7) is 3.52. The second kappa shape index (κ2) is 8.24. The fraction of sp³-hybridized carbons (Fsp3) is 0.167. The van der Waals surface area contributed by atoms with Crippen LogP contribution >= 0.6 is 11.8 Å². The fourth-order valence-corrected chi connectivity index (χ4v) is 4.59. The van der Waals surface area contributed by atoms with Crippen LogP contribution in [0.3, 0.4) is 0 Å². The van der Waals surface area contributed by atoms with Gasteiger partial charge < -0.3 is 14.2 Å². The summed E-state index contributed by atoms with van der Waals surface area (Å²) in [4.78, 5) is 21.9. The van der Waals surface area contributed by atoms with Gasteiger partial charge in [-0.05, 0) is 36.0 Å². The van der Waals surface area contributed by atoms with Crippen LogP contribution in [-0.4, -0.2) is 42.2 Å². The van der Waals surface area contributed by atoms with Crippen LogP contribution < -0.4 is 4.90 Å². The number of thioether (sulfide) groups is 1. The second-order valence-electron chi connectivity index (χ2n) is 7.19. The number of hydrogen-bond donors (Lipinski definition) is 0. The molecule has 2 aromatic carbocycles. The molecule has 3 heterocycles. The number of benzene rings is 2. The molecule has 0 aliphatic carbocycles.